The number of hydrogen-bond donors (Lipinski definition) is 1. The van der Waals surface area contributed by atoms with Gasteiger partial charge in [0.05, 0.1) is 17.5 Å². The van der Waals surface area contributed by atoms with Crippen LogP contribution < -0.4 is 0 Å². The number of alkyl halides is 1. The smallest absolute Gasteiger partial charge is 0.149 e. The Hall–Kier alpha value is 0.0700. The second kappa shape index (κ2) is 7.09. The highest BCUT2D eigenvalue weighted by atomic mass is 79.9. The number of aliphatic hydroxyl groups is 1. The predicted molar refractivity (Wildman–Crippen MR) is 111 cm³/mol. The molecule has 0 aliphatic heterocycles. The fourth-order valence-corrected chi connectivity index (χ4v) is 8.85. The summed E-state index contributed by atoms with van der Waals surface area (Å²) >= 11 is 3.46. The van der Waals surface area contributed by atoms with E-state index in [9.17, 15) is 9.90 Å². The van der Waals surface area contributed by atoms with Gasteiger partial charge in [-0.2, -0.15) is 0 Å². The summed E-state index contributed by atoms with van der Waals surface area (Å²) in [6.45, 7) is 5.18. The summed E-state index contributed by atoms with van der Waals surface area (Å²) < 4.78 is 5.31. The maximum absolute atomic E-state index is 12.8. The van der Waals surface area contributed by atoms with Gasteiger partial charge in [0.1, 0.15) is 5.78 Å². The summed E-state index contributed by atoms with van der Waals surface area (Å²) in [5, 5.41) is 11.4. The number of carbonyl (C=O) groups is 1. The van der Waals surface area contributed by atoms with Gasteiger partial charge >= 0.3 is 0 Å². The van der Waals surface area contributed by atoms with Crippen molar-refractivity contribution >= 4 is 21.7 Å². The first kappa shape index (κ1) is 20.3. The molecule has 0 saturated heterocycles. The zero-order valence-corrected chi connectivity index (χ0v) is 18.9. The van der Waals surface area contributed by atoms with Gasteiger partial charge in [-0.05, 0) is 92.8 Å². The summed E-state index contributed by atoms with van der Waals surface area (Å²) in [6, 6.07) is 0. The fraction of sp³-hybridized carbons (Fsp3) is 0.957. The number of methoxy groups -OCH3 is 1. The Morgan fingerprint density at radius 3 is 2.48 bits per heavy atom. The molecule has 1 unspecified atom stereocenters. The van der Waals surface area contributed by atoms with E-state index in [1.165, 1.54) is 32.1 Å². The molecule has 4 fully saturated rings. The van der Waals surface area contributed by atoms with Crippen molar-refractivity contribution in [3.63, 3.8) is 0 Å². The highest BCUT2D eigenvalue weighted by Gasteiger charge is 2.63. The molecule has 8 atom stereocenters. The molecule has 0 aromatic carbocycles. The molecule has 3 nitrogen and oxygen atoms in total. The van der Waals surface area contributed by atoms with Crippen molar-refractivity contribution in [1.29, 1.82) is 0 Å². The highest BCUT2D eigenvalue weighted by molar-refractivity contribution is 9.09. The molecule has 4 aliphatic rings. The fourth-order valence-electron chi connectivity index (χ4n) is 8.24. The Morgan fingerprint density at radius 2 is 1.78 bits per heavy atom. The van der Waals surface area contributed by atoms with E-state index in [2.05, 4.69) is 29.8 Å². The van der Waals surface area contributed by atoms with Crippen molar-refractivity contribution in [2.75, 3.05) is 19.0 Å². The standard InChI is InChI=1S/C23H37BrO3/c1-21-9-6-17-16-7-11-23(26,14-27-3)12-15(16)4-5-18(17)19(21)8-10-22(21,2)20(25)13-24/h15-19,26H,4-14H2,1-3H3/t15-,16?,17+,18+,19-,21-,22+,23+/m0/s1. The van der Waals surface area contributed by atoms with E-state index in [4.69, 9.17) is 4.74 Å². The average Bonchev–Trinajstić information content (AvgIpc) is 2.93. The van der Waals surface area contributed by atoms with Crippen LogP contribution in [-0.4, -0.2) is 35.5 Å². The topological polar surface area (TPSA) is 46.5 Å². The Bertz CT molecular complexity index is 594. The molecular formula is C23H37BrO3. The SMILES string of the molecule is COC[C@@]1(O)CCC2[C@@H](CC[C@@H]3[C@@H]2CC[C@@]2(C)[C@H]3CC[C@]2(C)C(=O)CBr)C1. The molecule has 4 aliphatic carbocycles. The molecule has 0 aromatic heterocycles. The predicted octanol–water partition coefficient (Wildman–Crippen LogP) is 4.99. The average molecular weight is 441 g/mol. The summed E-state index contributed by atoms with van der Waals surface area (Å²) in [5.74, 6) is 4.19. The third-order valence-corrected chi connectivity index (χ3v) is 10.4. The van der Waals surface area contributed by atoms with Gasteiger partial charge < -0.3 is 9.84 Å². The van der Waals surface area contributed by atoms with Crippen LogP contribution in [0.3, 0.4) is 0 Å². The number of ether oxygens (including phenoxy) is 1. The second-order valence-corrected chi connectivity index (χ2v) is 11.3. The Labute approximate surface area is 173 Å². The van der Waals surface area contributed by atoms with Gasteiger partial charge in [-0.1, -0.05) is 29.8 Å². The van der Waals surface area contributed by atoms with Crippen LogP contribution in [0.1, 0.15) is 71.6 Å². The van der Waals surface area contributed by atoms with E-state index < -0.39 is 5.60 Å². The van der Waals surface area contributed by atoms with Crippen molar-refractivity contribution in [1.82, 2.24) is 0 Å². The highest BCUT2D eigenvalue weighted by Crippen LogP contribution is 2.68. The molecule has 0 aromatic rings. The van der Waals surface area contributed by atoms with Crippen molar-refractivity contribution in [3.8, 4) is 0 Å². The molecule has 0 radical (unpaired) electrons. The van der Waals surface area contributed by atoms with Crippen molar-refractivity contribution < 1.29 is 14.6 Å². The molecule has 0 amide bonds. The number of Topliss-reactive ketones (excluding diaryl/α,β-unsaturated/α-hetero) is 1. The molecule has 0 spiro atoms. The minimum absolute atomic E-state index is 0.145. The Kier molecular flexibility index (Phi) is 5.34. The molecule has 0 heterocycles. The van der Waals surface area contributed by atoms with Gasteiger partial charge in [0.2, 0.25) is 0 Å². The zero-order valence-electron chi connectivity index (χ0n) is 17.3. The summed E-state index contributed by atoms with van der Waals surface area (Å²) in [7, 11) is 1.70. The lowest BCUT2D eigenvalue weighted by Gasteiger charge is -2.58. The van der Waals surface area contributed by atoms with E-state index >= 15 is 0 Å². The van der Waals surface area contributed by atoms with Gasteiger partial charge in [-0.15, -0.1) is 0 Å². The first-order valence-corrected chi connectivity index (χ1v) is 12.2. The van der Waals surface area contributed by atoms with Crippen LogP contribution in [0.15, 0.2) is 0 Å². The van der Waals surface area contributed by atoms with Gasteiger partial charge in [0.25, 0.3) is 0 Å². The third kappa shape index (κ3) is 2.99. The molecule has 0 bridgehead atoms. The zero-order chi connectivity index (χ0) is 19.4. The van der Waals surface area contributed by atoms with Crippen molar-refractivity contribution in [3.05, 3.63) is 0 Å². The lowest BCUT2D eigenvalue weighted by molar-refractivity contribution is -0.145. The van der Waals surface area contributed by atoms with E-state index in [0.717, 1.165) is 43.4 Å². The number of carbonyl (C=O) groups excluding carboxylic acids is 1. The molecule has 154 valence electrons. The van der Waals surface area contributed by atoms with Crippen molar-refractivity contribution in [2.45, 2.75) is 77.2 Å². The first-order valence-electron chi connectivity index (χ1n) is 11.1. The summed E-state index contributed by atoms with van der Waals surface area (Å²) in [5.41, 5.74) is -0.564. The van der Waals surface area contributed by atoms with Gasteiger partial charge in [0.15, 0.2) is 0 Å². The second-order valence-electron chi connectivity index (χ2n) is 10.7. The van der Waals surface area contributed by atoms with Crippen molar-refractivity contribution in [2.24, 2.45) is 40.4 Å². The minimum Gasteiger partial charge on any atom is -0.387 e. The Morgan fingerprint density at radius 1 is 1.04 bits per heavy atom. The van der Waals surface area contributed by atoms with Gasteiger partial charge in [-0.3, -0.25) is 4.79 Å². The molecule has 4 heteroatoms. The van der Waals surface area contributed by atoms with E-state index in [1.807, 2.05) is 0 Å². The van der Waals surface area contributed by atoms with Crippen LogP contribution in [0.4, 0.5) is 0 Å². The van der Waals surface area contributed by atoms with E-state index in [0.29, 0.717) is 29.6 Å². The molecule has 4 rings (SSSR count). The third-order valence-electron chi connectivity index (χ3n) is 9.86. The lowest BCUT2D eigenvalue weighted by atomic mass is 9.47. The number of fused-ring (bicyclic) bond motifs is 5. The minimum atomic E-state index is -0.597. The van der Waals surface area contributed by atoms with E-state index in [-0.39, 0.29) is 10.8 Å². The van der Waals surface area contributed by atoms with Crippen LogP contribution in [0.25, 0.3) is 0 Å². The van der Waals surface area contributed by atoms with Crippen LogP contribution in [0.2, 0.25) is 0 Å². The molecule has 27 heavy (non-hydrogen) atoms. The first-order chi connectivity index (χ1) is 12.8. The van der Waals surface area contributed by atoms with Crippen LogP contribution in [0, 0.1) is 40.4 Å². The molecule has 4 saturated carbocycles. The van der Waals surface area contributed by atoms with Crippen LogP contribution in [0.5, 0.6) is 0 Å². The normalized spacial score (nSPS) is 52.0. The quantitative estimate of drug-likeness (QED) is 0.626. The Balaban J connectivity index is 1.53. The van der Waals surface area contributed by atoms with E-state index in [1.54, 1.807) is 7.11 Å². The van der Waals surface area contributed by atoms with Crippen LogP contribution >= 0.6 is 15.9 Å². The number of ketones is 1. The maximum Gasteiger partial charge on any atom is 0.149 e. The number of rotatable bonds is 4. The van der Waals surface area contributed by atoms with Crippen LogP contribution in [-0.2, 0) is 9.53 Å². The van der Waals surface area contributed by atoms with Gasteiger partial charge in [0, 0.05) is 12.5 Å². The summed E-state index contributed by atoms with van der Waals surface area (Å²) in [4.78, 5) is 12.8. The largest absolute Gasteiger partial charge is 0.387 e. The number of halogens is 1. The lowest BCUT2D eigenvalue weighted by Crippen LogP contribution is -2.54. The maximum atomic E-state index is 12.8. The molecular weight excluding hydrogens is 404 g/mol. The summed E-state index contributed by atoms with van der Waals surface area (Å²) in [6.07, 6.45) is 10.3. The number of hydrogen-bond acceptors (Lipinski definition) is 3. The monoisotopic (exact) mass is 440 g/mol. The molecule has 1 N–H and O–H groups in total. The van der Waals surface area contributed by atoms with Gasteiger partial charge in [-0.25, -0.2) is 0 Å².